The average molecular weight is 323 g/mol. The van der Waals surface area contributed by atoms with E-state index in [0.717, 1.165) is 16.8 Å². The number of rotatable bonds is 6. The highest BCUT2D eigenvalue weighted by Crippen LogP contribution is 2.18. The van der Waals surface area contributed by atoms with E-state index < -0.39 is 11.9 Å². The van der Waals surface area contributed by atoms with Gasteiger partial charge in [-0.05, 0) is 29.8 Å². The van der Waals surface area contributed by atoms with Gasteiger partial charge in [0.2, 0.25) is 5.91 Å². The number of primary amides is 1. The molecule has 1 heterocycles. The Morgan fingerprint density at radius 2 is 1.83 bits per heavy atom. The number of anilines is 1. The first-order chi connectivity index (χ1) is 11.6. The number of nitrogens with one attached hydrogen (secondary N) is 3. The summed E-state index contributed by atoms with van der Waals surface area (Å²) in [5, 5.41) is 9.33. The summed E-state index contributed by atoms with van der Waals surface area (Å²) in [5.41, 5.74) is 7.69. The molecule has 0 spiro atoms. The Morgan fingerprint density at radius 1 is 1.12 bits per heavy atom. The van der Waals surface area contributed by atoms with Gasteiger partial charge >= 0.3 is 5.69 Å². The maximum absolute atomic E-state index is 11.7. The maximum atomic E-state index is 11.7. The smallest absolute Gasteiger partial charge is 0.340 e. The largest absolute Gasteiger partial charge is 0.373 e. The van der Waals surface area contributed by atoms with Crippen LogP contribution in [0.25, 0.3) is 11.4 Å². The molecule has 1 atom stereocenters. The highest BCUT2D eigenvalue weighted by Gasteiger charge is 2.15. The van der Waals surface area contributed by atoms with Crippen molar-refractivity contribution in [2.24, 2.45) is 5.73 Å². The molecule has 2 aromatic carbocycles. The Balaban J connectivity index is 1.73. The van der Waals surface area contributed by atoms with Crippen molar-refractivity contribution in [2.75, 3.05) is 5.32 Å². The van der Waals surface area contributed by atoms with Gasteiger partial charge in [0.25, 0.3) is 0 Å². The van der Waals surface area contributed by atoms with Gasteiger partial charge in [0.1, 0.15) is 6.04 Å². The second-order valence-electron chi connectivity index (χ2n) is 5.39. The van der Waals surface area contributed by atoms with Crippen molar-refractivity contribution in [1.29, 1.82) is 0 Å². The quantitative estimate of drug-likeness (QED) is 0.546. The van der Waals surface area contributed by atoms with Crippen LogP contribution in [0.4, 0.5) is 5.69 Å². The number of benzene rings is 2. The molecule has 3 rings (SSSR count). The number of hydrogen-bond donors (Lipinski definition) is 4. The molecule has 0 radical (unpaired) electrons. The third-order valence-electron chi connectivity index (χ3n) is 3.63. The molecule has 0 unspecified atom stereocenters. The minimum atomic E-state index is -0.511. The second kappa shape index (κ2) is 6.82. The van der Waals surface area contributed by atoms with Gasteiger partial charge in [-0.3, -0.25) is 9.78 Å². The van der Waals surface area contributed by atoms with Crippen LogP contribution in [0.15, 0.2) is 59.4 Å². The number of carbonyl (C=O) groups excluding carboxylic acids is 1. The van der Waals surface area contributed by atoms with E-state index in [-0.39, 0.29) is 5.69 Å². The van der Waals surface area contributed by atoms with Crippen molar-refractivity contribution < 1.29 is 4.79 Å². The second-order valence-corrected chi connectivity index (χ2v) is 5.39. The van der Waals surface area contributed by atoms with E-state index in [4.69, 9.17) is 5.73 Å². The van der Waals surface area contributed by atoms with Gasteiger partial charge in [0, 0.05) is 17.7 Å². The Hall–Kier alpha value is -3.35. The molecule has 1 amide bonds. The van der Waals surface area contributed by atoms with Gasteiger partial charge in [0.05, 0.1) is 0 Å². The van der Waals surface area contributed by atoms with Crippen LogP contribution < -0.4 is 16.7 Å². The summed E-state index contributed by atoms with van der Waals surface area (Å²) in [7, 11) is 0. The standard InChI is InChI=1S/C17H17N5O2/c18-15(23)14(10-11-4-2-1-3-5-11)19-13-8-6-12(7-9-13)16-20-17(24)22-21-16/h1-9,14,19H,10H2,(H2,18,23)(H2,20,21,22,24)/t14-/m0/s1. The fourth-order valence-electron chi connectivity index (χ4n) is 2.40. The van der Waals surface area contributed by atoms with Gasteiger partial charge < -0.3 is 11.1 Å². The molecule has 0 aliphatic rings. The lowest BCUT2D eigenvalue weighted by molar-refractivity contribution is -0.118. The van der Waals surface area contributed by atoms with E-state index in [1.54, 1.807) is 12.1 Å². The minimum absolute atomic E-state index is 0.358. The van der Waals surface area contributed by atoms with E-state index in [2.05, 4.69) is 20.5 Å². The number of hydrogen-bond acceptors (Lipinski definition) is 4. The van der Waals surface area contributed by atoms with Gasteiger partial charge in [-0.1, -0.05) is 30.3 Å². The summed E-state index contributed by atoms with van der Waals surface area (Å²) >= 11 is 0. The number of aromatic amines is 2. The van der Waals surface area contributed by atoms with Gasteiger partial charge in [0.15, 0.2) is 5.82 Å². The lowest BCUT2D eigenvalue weighted by Gasteiger charge is -2.17. The van der Waals surface area contributed by atoms with E-state index in [1.165, 1.54) is 0 Å². The van der Waals surface area contributed by atoms with E-state index in [9.17, 15) is 9.59 Å². The average Bonchev–Trinajstić information content (AvgIpc) is 3.02. The van der Waals surface area contributed by atoms with Crippen LogP contribution in [0.1, 0.15) is 5.56 Å². The first kappa shape index (κ1) is 15.5. The molecule has 0 aliphatic heterocycles. The molecule has 5 N–H and O–H groups in total. The van der Waals surface area contributed by atoms with Gasteiger partial charge in [-0.2, -0.15) is 5.10 Å². The molecule has 0 bridgehead atoms. The van der Waals surface area contributed by atoms with Gasteiger partial charge in [-0.25, -0.2) is 9.89 Å². The lowest BCUT2D eigenvalue weighted by atomic mass is 10.0. The molecule has 0 saturated heterocycles. The summed E-state index contributed by atoms with van der Waals surface area (Å²) < 4.78 is 0. The van der Waals surface area contributed by atoms with E-state index in [0.29, 0.717) is 12.2 Å². The van der Waals surface area contributed by atoms with Crippen molar-refractivity contribution >= 4 is 11.6 Å². The molecule has 122 valence electrons. The molecule has 7 heteroatoms. The molecule has 1 aromatic heterocycles. The van der Waals surface area contributed by atoms with Crippen molar-refractivity contribution in [3.05, 3.63) is 70.6 Å². The highest BCUT2D eigenvalue weighted by atomic mass is 16.1. The Labute approximate surface area is 137 Å². The molecule has 7 nitrogen and oxygen atoms in total. The number of amides is 1. The molecule has 3 aromatic rings. The number of nitrogens with zero attached hydrogens (tertiary/aromatic N) is 1. The third-order valence-corrected chi connectivity index (χ3v) is 3.63. The number of aromatic nitrogens is 3. The zero-order valence-corrected chi connectivity index (χ0v) is 12.8. The fourth-order valence-corrected chi connectivity index (χ4v) is 2.40. The van der Waals surface area contributed by atoms with E-state index in [1.807, 2.05) is 42.5 Å². The number of H-pyrrole nitrogens is 2. The van der Waals surface area contributed by atoms with Crippen molar-refractivity contribution in [1.82, 2.24) is 15.2 Å². The number of nitrogens with two attached hydrogens (primary N) is 1. The molecule has 0 saturated carbocycles. The van der Waals surface area contributed by atoms with Crippen LogP contribution in [0.2, 0.25) is 0 Å². The lowest BCUT2D eigenvalue weighted by Crippen LogP contribution is -2.37. The maximum Gasteiger partial charge on any atom is 0.340 e. The fraction of sp³-hybridized carbons (Fsp3) is 0.118. The zero-order chi connectivity index (χ0) is 16.9. The molecule has 0 aliphatic carbocycles. The zero-order valence-electron chi connectivity index (χ0n) is 12.8. The van der Waals surface area contributed by atoms with Crippen molar-refractivity contribution in [3.63, 3.8) is 0 Å². The van der Waals surface area contributed by atoms with Crippen LogP contribution in [-0.2, 0) is 11.2 Å². The van der Waals surface area contributed by atoms with Crippen LogP contribution >= 0.6 is 0 Å². The van der Waals surface area contributed by atoms with Crippen LogP contribution in [0, 0.1) is 0 Å². The Kier molecular flexibility index (Phi) is 4.42. The summed E-state index contributed by atoms with van der Waals surface area (Å²) in [5.74, 6) is 0.0434. The summed E-state index contributed by atoms with van der Waals surface area (Å²) in [4.78, 5) is 25.4. The number of carbonyl (C=O) groups is 1. The van der Waals surface area contributed by atoms with Crippen LogP contribution in [0.5, 0.6) is 0 Å². The summed E-state index contributed by atoms with van der Waals surface area (Å²) in [6.45, 7) is 0. The van der Waals surface area contributed by atoms with E-state index >= 15 is 0 Å². The first-order valence-corrected chi connectivity index (χ1v) is 7.47. The molecular weight excluding hydrogens is 306 g/mol. The summed E-state index contributed by atoms with van der Waals surface area (Å²) in [6, 6.07) is 16.4. The summed E-state index contributed by atoms with van der Waals surface area (Å²) in [6.07, 6.45) is 0.505. The molecule has 0 fully saturated rings. The molecular formula is C17H17N5O2. The topological polar surface area (TPSA) is 117 Å². The predicted molar refractivity (Wildman–Crippen MR) is 91.4 cm³/mol. The normalized spacial score (nSPS) is 11.8. The van der Waals surface area contributed by atoms with Crippen molar-refractivity contribution in [3.8, 4) is 11.4 Å². The predicted octanol–water partition coefficient (Wildman–Crippen LogP) is 1.27. The SMILES string of the molecule is NC(=O)[C@H](Cc1ccccc1)Nc1ccc(-c2n[nH]c(=O)[nH]2)cc1. The minimum Gasteiger partial charge on any atom is -0.373 e. The van der Waals surface area contributed by atoms with Crippen molar-refractivity contribution in [2.45, 2.75) is 12.5 Å². The Bertz CT molecular complexity index is 868. The highest BCUT2D eigenvalue weighted by molar-refractivity contribution is 5.83. The van der Waals surface area contributed by atoms with Gasteiger partial charge in [-0.15, -0.1) is 0 Å². The van der Waals surface area contributed by atoms with Crippen LogP contribution in [0.3, 0.4) is 0 Å². The monoisotopic (exact) mass is 323 g/mol. The first-order valence-electron chi connectivity index (χ1n) is 7.47. The van der Waals surface area contributed by atoms with Crippen LogP contribution in [-0.4, -0.2) is 27.1 Å². The third kappa shape index (κ3) is 3.70. The molecule has 24 heavy (non-hydrogen) atoms. The Morgan fingerprint density at radius 3 is 2.42 bits per heavy atom.